The van der Waals surface area contributed by atoms with E-state index in [1.54, 1.807) is 0 Å². The summed E-state index contributed by atoms with van der Waals surface area (Å²) in [5.41, 5.74) is 9.62. The lowest BCUT2D eigenvalue weighted by Gasteiger charge is -2.11. The van der Waals surface area contributed by atoms with Crippen molar-refractivity contribution >= 4 is 0 Å². The maximum absolute atomic E-state index is 5.99. The van der Waals surface area contributed by atoms with Gasteiger partial charge in [-0.15, -0.1) is 0 Å². The summed E-state index contributed by atoms with van der Waals surface area (Å²) < 4.78 is 5.80. The molecule has 0 bridgehead atoms. The van der Waals surface area contributed by atoms with Gasteiger partial charge in [0.2, 0.25) is 0 Å². The highest BCUT2D eigenvalue weighted by molar-refractivity contribution is 5.30. The SMILES string of the molecule is CCC(N)c1ccc(OCc2ccccc2C)cc1. The van der Waals surface area contributed by atoms with Crippen LogP contribution in [-0.2, 0) is 6.61 Å². The van der Waals surface area contributed by atoms with Gasteiger partial charge in [0, 0.05) is 6.04 Å². The number of rotatable bonds is 5. The molecule has 2 nitrogen and oxygen atoms in total. The van der Waals surface area contributed by atoms with Crippen molar-refractivity contribution in [3.05, 3.63) is 65.2 Å². The molecular weight excluding hydrogens is 234 g/mol. The molecule has 2 N–H and O–H groups in total. The lowest BCUT2D eigenvalue weighted by Crippen LogP contribution is -2.08. The summed E-state index contributed by atoms with van der Waals surface area (Å²) in [7, 11) is 0. The Labute approximate surface area is 115 Å². The molecule has 0 spiro atoms. The number of aryl methyl sites for hydroxylation is 1. The fourth-order valence-electron chi connectivity index (χ4n) is 1.98. The van der Waals surface area contributed by atoms with Gasteiger partial charge < -0.3 is 10.5 Å². The van der Waals surface area contributed by atoms with Crippen LogP contribution in [0.1, 0.15) is 36.1 Å². The molecule has 2 aromatic carbocycles. The second-order valence-corrected chi connectivity index (χ2v) is 4.80. The van der Waals surface area contributed by atoms with Crippen LogP contribution in [0.4, 0.5) is 0 Å². The number of nitrogens with two attached hydrogens (primary N) is 1. The van der Waals surface area contributed by atoms with E-state index in [2.05, 4.69) is 26.0 Å². The molecule has 0 saturated heterocycles. The van der Waals surface area contributed by atoms with Gasteiger partial charge in [-0.3, -0.25) is 0 Å². The highest BCUT2D eigenvalue weighted by atomic mass is 16.5. The second-order valence-electron chi connectivity index (χ2n) is 4.80. The third kappa shape index (κ3) is 3.58. The molecule has 100 valence electrons. The Morgan fingerprint density at radius 1 is 1.05 bits per heavy atom. The summed E-state index contributed by atoms with van der Waals surface area (Å²) in [6.07, 6.45) is 0.948. The van der Waals surface area contributed by atoms with Crippen molar-refractivity contribution in [1.82, 2.24) is 0 Å². The molecule has 19 heavy (non-hydrogen) atoms. The normalized spacial score (nSPS) is 12.2. The first-order valence-corrected chi connectivity index (χ1v) is 6.73. The van der Waals surface area contributed by atoms with E-state index in [1.807, 2.05) is 36.4 Å². The lowest BCUT2D eigenvalue weighted by atomic mass is 10.1. The zero-order chi connectivity index (χ0) is 13.7. The molecule has 0 heterocycles. The molecule has 0 aliphatic rings. The molecule has 0 aromatic heterocycles. The van der Waals surface area contributed by atoms with E-state index < -0.39 is 0 Å². The van der Waals surface area contributed by atoms with Crippen molar-refractivity contribution < 1.29 is 4.74 Å². The van der Waals surface area contributed by atoms with Gasteiger partial charge in [0.05, 0.1) is 0 Å². The van der Waals surface area contributed by atoms with Gasteiger partial charge >= 0.3 is 0 Å². The third-order valence-corrected chi connectivity index (χ3v) is 3.40. The van der Waals surface area contributed by atoms with Crippen LogP contribution in [0.2, 0.25) is 0 Å². The van der Waals surface area contributed by atoms with E-state index in [1.165, 1.54) is 11.1 Å². The average molecular weight is 255 g/mol. The van der Waals surface area contributed by atoms with E-state index in [-0.39, 0.29) is 6.04 Å². The van der Waals surface area contributed by atoms with Crippen LogP contribution in [0.25, 0.3) is 0 Å². The molecule has 0 fully saturated rings. The molecule has 2 rings (SSSR count). The first-order valence-electron chi connectivity index (χ1n) is 6.73. The Kier molecular flexibility index (Phi) is 4.58. The molecule has 1 atom stereocenters. The average Bonchev–Trinajstić information content (AvgIpc) is 2.46. The van der Waals surface area contributed by atoms with E-state index in [0.29, 0.717) is 6.61 Å². The van der Waals surface area contributed by atoms with Crippen LogP contribution in [0.15, 0.2) is 48.5 Å². The monoisotopic (exact) mass is 255 g/mol. The number of ether oxygens (including phenoxy) is 1. The fourth-order valence-corrected chi connectivity index (χ4v) is 1.98. The molecule has 2 aromatic rings. The van der Waals surface area contributed by atoms with E-state index in [4.69, 9.17) is 10.5 Å². The first kappa shape index (κ1) is 13.6. The highest BCUT2D eigenvalue weighted by Crippen LogP contribution is 2.19. The van der Waals surface area contributed by atoms with Gasteiger partial charge in [0.25, 0.3) is 0 Å². The standard InChI is InChI=1S/C17H21NO/c1-3-17(18)14-8-10-16(11-9-14)19-12-15-7-5-4-6-13(15)2/h4-11,17H,3,12,18H2,1-2H3. The van der Waals surface area contributed by atoms with E-state index in [0.717, 1.165) is 17.7 Å². The summed E-state index contributed by atoms with van der Waals surface area (Å²) in [6.45, 7) is 4.79. The molecular formula is C17H21NO. The lowest BCUT2D eigenvalue weighted by molar-refractivity contribution is 0.305. The summed E-state index contributed by atoms with van der Waals surface area (Å²) in [5.74, 6) is 0.885. The van der Waals surface area contributed by atoms with E-state index >= 15 is 0 Å². The van der Waals surface area contributed by atoms with Gasteiger partial charge in [-0.25, -0.2) is 0 Å². The third-order valence-electron chi connectivity index (χ3n) is 3.40. The Morgan fingerprint density at radius 2 is 1.74 bits per heavy atom. The molecule has 2 heteroatoms. The van der Waals surface area contributed by atoms with Crippen molar-refractivity contribution in [3.8, 4) is 5.75 Å². The van der Waals surface area contributed by atoms with Crippen LogP contribution in [-0.4, -0.2) is 0 Å². The maximum atomic E-state index is 5.99. The molecule has 0 radical (unpaired) electrons. The second kappa shape index (κ2) is 6.39. The fraction of sp³-hybridized carbons (Fsp3) is 0.294. The number of hydrogen-bond acceptors (Lipinski definition) is 2. The minimum absolute atomic E-state index is 0.116. The van der Waals surface area contributed by atoms with Crippen molar-refractivity contribution in [2.45, 2.75) is 32.9 Å². The minimum Gasteiger partial charge on any atom is -0.489 e. The predicted octanol–water partition coefficient (Wildman–Crippen LogP) is 3.98. The molecule has 0 aliphatic heterocycles. The van der Waals surface area contributed by atoms with Crippen molar-refractivity contribution in [1.29, 1.82) is 0 Å². The largest absolute Gasteiger partial charge is 0.489 e. The molecule has 0 aliphatic carbocycles. The maximum Gasteiger partial charge on any atom is 0.119 e. The van der Waals surface area contributed by atoms with Crippen molar-refractivity contribution in [2.24, 2.45) is 5.73 Å². The van der Waals surface area contributed by atoms with Crippen molar-refractivity contribution in [2.75, 3.05) is 0 Å². The Bertz CT molecular complexity index is 519. The Hall–Kier alpha value is -1.80. The molecule has 0 saturated carbocycles. The van der Waals surface area contributed by atoms with Crippen LogP contribution in [0, 0.1) is 6.92 Å². The van der Waals surface area contributed by atoms with Crippen LogP contribution >= 0.6 is 0 Å². The summed E-state index contributed by atoms with van der Waals surface area (Å²) in [6, 6.07) is 16.5. The summed E-state index contributed by atoms with van der Waals surface area (Å²) >= 11 is 0. The topological polar surface area (TPSA) is 35.2 Å². The zero-order valence-electron chi connectivity index (χ0n) is 11.6. The summed E-state index contributed by atoms with van der Waals surface area (Å²) in [5, 5.41) is 0. The van der Waals surface area contributed by atoms with Gasteiger partial charge in [-0.1, -0.05) is 43.3 Å². The van der Waals surface area contributed by atoms with Gasteiger partial charge in [-0.2, -0.15) is 0 Å². The Balaban J connectivity index is 1.99. The Morgan fingerprint density at radius 3 is 2.37 bits per heavy atom. The van der Waals surface area contributed by atoms with Crippen LogP contribution in [0.5, 0.6) is 5.75 Å². The van der Waals surface area contributed by atoms with Gasteiger partial charge in [0.15, 0.2) is 0 Å². The van der Waals surface area contributed by atoms with Gasteiger partial charge in [-0.05, 0) is 42.2 Å². The quantitative estimate of drug-likeness (QED) is 0.877. The smallest absolute Gasteiger partial charge is 0.119 e. The highest BCUT2D eigenvalue weighted by Gasteiger charge is 2.03. The van der Waals surface area contributed by atoms with Crippen molar-refractivity contribution in [3.63, 3.8) is 0 Å². The number of benzene rings is 2. The minimum atomic E-state index is 0.116. The molecule has 1 unspecified atom stereocenters. The number of hydrogen-bond donors (Lipinski definition) is 1. The first-order chi connectivity index (χ1) is 9.20. The van der Waals surface area contributed by atoms with Crippen LogP contribution in [0.3, 0.4) is 0 Å². The van der Waals surface area contributed by atoms with E-state index in [9.17, 15) is 0 Å². The van der Waals surface area contributed by atoms with Gasteiger partial charge in [0.1, 0.15) is 12.4 Å². The summed E-state index contributed by atoms with van der Waals surface area (Å²) in [4.78, 5) is 0. The van der Waals surface area contributed by atoms with Crippen LogP contribution < -0.4 is 10.5 Å². The zero-order valence-corrected chi connectivity index (χ0v) is 11.6. The predicted molar refractivity (Wildman–Crippen MR) is 79.2 cm³/mol. The molecule has 0 amide bonds.